The fourth-order valence-electron chi connectivity index (χ4n) is 3.20. The first-order chi connectivity index (χ1) is 14.2. The number of hydrogen-bond acceptors (Lipinski definition) is 4. The first-order valence-corrected chi connectivity index (χ1v) is 11.0. The van der Waals surface area contributed by atoms with Gasteiger partial charge in [0.15, 0.2) is 0 Å². The molecule has 0 radical (unpaired) electrons. The zero-order chi connectivity index (χ0) is 20.5. The van der Waals surface area contributed by atoms with E-state index in [1.807, 2.05) is 85.8 Å². The predicted molar refractivity (Wildman–Crippen MR) is 125 cm³/mol. The van der Waals surface area contributed by atoms with Crippen molar-refractivity contribution in [3.05, 3.63) is 108 Å². The van der Waals surface area contributed by atoms with Crippen LogP contribution >= 0.6 is 24.0 Å². The number of thioether (sulfide) groups is 1. The molecule has 2 atom stereocenters. The number of thiocarbonyl (C=S) groups is 1. The lowest BCUT2D eigenvalue weighted by atomic mass is 9.92. The van der Waals surface area contributed by atoms with Crippen molar-refractivity contribution in [2.45, 2.75) is 24.5 Å². The molecule has 0 aliphatic carbocycles. The third kappa shape index (κ3) is 6.02. The molecular formula is C25H24O2S2. The molecule has 0 aliphatic heterocycles. The second-order valence-corrected chi connectivity index (χ2v) is 8.50. The summed E-state index contributed by atoms with van der Waals surface area (Å²) in [5.74, 6) is -0.529. The van der Waals surface area contributed by atoms with Crippen LogP contribution < -0.4 is 0 Å². The highest BCUT2D eigenvalue weighted by Gasteiger charge is 2.28. The minimum atomic E-state index is -0.340. The Kier molecular flexibility index (Phi) is 8.03. The molecule has 0 fully saturated rings. The fraction of sp³-hybridized carbons (Fsp3) is 0.200. The number of esters is 1. The minimum absolute atomic E-state index is 0.0403. The number of benzene rings is 3. The minimum Gasteiger partial charge on any atom is -0.466 e. The molecule has 0 amide bonds. The number of carbonyl (C=O) groups is 1. The van der Waals surface area contributed by atoms with Gasteiger partial charge < -0.3 is 4.74 Å². The van der Waals surface area contributed by atoms with E-state index in [1.165, 1.54) is 0 Å². The highest BCUT2D eigenvalue weighted by molar-refractivity contribution is 8.23. The van der Waals surface area contributed by atoms with Crippen molar-refractivity contribution in [3.63, 3.8) is 0 Å². The predicted octanol–water partition coefficient (Wildman–Crippen LogP) is 6.57. The molecule has 29 heavy (non-hydrogen) atoms. The topological polar surface area (TPSA) is 26.3 Å². The van der Waals surface area contributed by atoms with E-state index < -0.39 is 0 Å². The molecule has 0 saturated heterocycles. The lowest BCUT2D eigenvalue weighted by Gasteiger charge is -2.23. The maximum absolute atomic E-state index is 12.8. The van der Waals surface area contributed by atoms with Crippen LogP contribution in [0.5, 0.6) is 0 Å². The highest BCUT2D eigenvalue weighted by atomic mass is 32.2. The second-order valence-electron chi connectivity index (χ2n) is 6.62. The van der Waals surface area contributed by atoms with Gasteiger partial charge in [-0.25, -0.2) is 0 Å². The summed E-state index contributed by atoms with van der Waals surface area (Å²) in [7, 11) is 0. The van der Waals surface area contributed by atoms with Crippen molar-refractivity contribution in [1.29, 1.82) is 0 Å². The van der Waals surface area contributed by atoms with Gasteiger partial charge in [-0.3, -0.25) is 4.79 Å². The van der Waals surface area contributed by atoms with Gasteiger partial charge in [-0.15, -0.1) is 11.8 Å². The quantitative estimate of drug-likeness (QED) is 0.304. The van der Waals surface area contributed by atoms with Gasteiger partial charge in [-0.1, -0.05) is 103 Å². The number of ether oxygens (including phenoxy) is 1. The van der Waals surface area contributed by atoms with Crippen molar-refractivity contribution in [2.24, 2.45) is 0 Å². The number of hydrogen-bond donors (Lipinski definition) is 0. The van der Waals surface area contributed by atoms with Crippen molar-refractivity contribution >= 4 is 34.1 Å². The molecule has 3 rings (SSSR count). The zero-order valence-electron chi connectivity index (χ0n) is 16.4. The molecule has 0 aromatic heterocycles. The van der Waals surface area contributed by atoms with Crippen LogP contribution in [0, 0.1) is 0 Å². The average Bonchev–Trinajstić information content (AvgIpc) is 2.78. The van der Waals surface area contributed by atoms with E-state index in [9.17, 15) is 4.79 Å². The Balaban J connectivity index is 1.90. The van der Waals surface area contributed by atoms with E-state index in [1.54, 1.807) is 11.8 Å². The normalized spacial score (nSPS) is 12.7. The Morgan fingerprint density at radius 1 is 0.862 bits per heavy atom. The Morgan fingerprint density at radius 3 is 1.93 bits per heavy atom. The van der Waals surface area contributed by atoms with Crippen LogP contribution in [0.2, 0.25) is 0 Å². The summed E-state index contributed by atoms with van der Waals surface area (Å²) in [6, 6.07) is 30.1. The third-order valence-corrected chi connectivity index (χ3v) is 6.38. The zero-order valence-corrected chi connectivity index (χ0v) is 18.0. The molecule has 0 spiro atoms. The van der Waals surface area contributed by atoms with Gasteiger partial charge in [0.1, 0.15) is 0 Å². The summed E-state index contributed by atoms with van der Waals surface area (Å²) in [6.07, 6.45) is 0.616. The monoisotopic (exact) mass is 420 g/mol. The van der Waals surface area contributed by atoms with Gasteiger partial charge in [-0.05, 0) is 30.0 Å². The van der Waals surface area contributed by atoms with Gasteiger partial charge in [0, 0.05) is 5.25 Å². The van der Waals surface area contributed by atoms with Crippen molar-refractivity contribution in [3.8, 4) is 0 Å². The van der Waals surface area contributed by atoms with Gasteiger partial charge in [0.25, 0.3) is 0 Å². The molecule has 3 aromatic rings. The summed E-state index contributed by atoms with van der Waals surface area (Å²) in [4.78, 5) is 12.8. The van der Waals surface area contributed by atoms with Crippen molar-refractivity contribution in [1.82, 2.24) is 0 Å². The Bertz CT molecular complexity index is 911. The Labute approximate surface area is 182 Å². The smallest absolute Gasteiger partial charge is 0.313 e. The lowest BCUT2D eigenvalue weighted by molar-refractivity contribution is -0.145. The molecule has 4 heteroatoms. The van der Waals surface area contributed by atoms with E-state index >= 15 is 0 Å². The Morgan fingerprint density at radius 2 is 1.38 bits per heavy atom. The van der Waals surface area contributed by atoms with Gasteiger partial charge in [0.05, 0.1) is 16.7 Å². The van der Waals surface area contributed by atoms with Crippen LogP contribution in [0.25, 0.3) is 0 Å². The SMILES string of the molecule is CCOC(=O)C(CC(SC(=S)c1ccccc1)c1ccccc1)c1ccccc1. The highest BCUT2D eigenvalue weighted by Crippen LogP contribution is 2.40. The molecule has 3 aromatic carbocycles. The second kappa shape index (κ2) is 10.9. The summed E-state index contributed by atoms with van der Waals surface area (Å²) in [6.45, 7) is 2.21. The summed E-state index contributed by atoms with van der Waals surface area (Å²) in [5, 5.41) is 0.0403. The van der Waals surface area contributed by atoms with Crippen LogP contribution in [0.3, 0.4) is 0 Å². The lowest BCUT2D eigenvalue weighted by Crippen LogP contribution is -2.18. The first kappa shape index (κ1) is 21.3. The van der Waals surface area contributed by atoms with E-state index in [4.69, 9.17) is 17.0 Å². The van der Waals surface area contributed by atoms with E-state index in [0.29, 0.717) is 13.0 Å². The van der Waals surface area contributed by atoms with Crippen LogP contribution in [0.4, 0.5) is 0 Å². The molecule has 148 valence electrons. The molecule has 0 heterocycles. The molecule has 2 unspecified atom stereocenters. The van der Waals surface area contributed by atoms with Gasteiger partial charge in [0.2, 0.25) is 0 Å². The maximum atomic E-state index is 12.8. The van der Waals surface area contributed by atoms with Crippen LogP contribution in [0.1, 0.15) is 41.2 Å². The van der Waals surface area contributed by atoms with Crippen molar-refractivity contribution in [2.75, 3.05) is 6.61 Å². The largest absolute Gasteiger partial charge is 0.466 e. The van der Waals surface area contributed by atoms with Crippen LogP contribution in [-0.4, -0.2) is 16.8 Å². The van der Waals surface area contributed by atoms with Gasteiger partial charge >= 0.3 is 5.97 Å². The number of rotatable bonds is 8. The maximum Gasteiger partial charge on any atom is 0.313 e. The van der Waals surface area contributed by atoms with E-state index in [0.717, 1.165) is 20.9 Å². The van der Waals surface area contributed by atoms with Crippen LogP contribution in [0.15, 0.2) is 91.0 Å². The number of carbonyl (C=O) groups excluding carboxylic acids is 1. The first-order valence-electron chi connectivity index (χ1n) is 9.71. The summed E-state index contributed by atoms with van der Waals surface area (Å²) in [5.41, 5.74) is 3.15. The Hall–Kier alpha value is -2.43. The molecule has 0 N–H and O–H groups in total. The van der Waals surface area contributed by atoms with Crippen LogP contribution in [-0.2, 0) is 9.53 Å². The summed E-state index contributed by atoms with van der Waals surface area (Å²) < 4.78 is 6.23. The van der Waals surface area contributed by atoms with Crippen molar-refractivity contribution < 1.29 is 9.53 Å². The average molecular weight is 421 g/mol. The summed E-state index contributed by atoms with van der Waals surface area (Å²) >= 11 is 7.36. The molecule has 2 nitrogen and oxygen atoms in total. The molecule has 0 aliphatic rings. The molecule has 0 saturated carbocycles. The van der Waals surface area contributed by atoms with E-state index in [-0.39, 0.29) is 17.1 Å². The third-order valence-electron chi connectivity index (χ3n) is 4.65. The molecule has 0 bridgehead atoms. The molecular weight excluding hydrogens is 396 g/mol. The van der Waals surface area contributed by atoms with Gasteiger partial charge in [-0.2, -0.15) is 0 Å². The fourth-order valence-corrected chi connectivity index (χ4v) is 4.80. The van der Waals surface area contributed by atoms with E-state index in [2.05, 4.69) is 12.1 Å². The standard InChI is InChI=1S/C25H24O2S2/c1-2-27-24(26)22(19-12-6-3-7-13-19)18-23(20-14-8-4-9-15-20)29-25(28)21-16-10-5-11-17-21/h3-17,22-23H,2,18H2,1H3.